The van der Waals surface area contributed by atoms with Crippen molar-refractivity contribution >= 4 is 21.7 Å². The van der Waals surface area contributed by atoms with Crippen LogP contribution in [0.25, 0.3) is 11.5 Å². The first kappa shape index (κ1) is 24.2. The van der Waals surface area contributed by atoms with Crippen molar-refractivity contribution in [3.8, 4) is 11.5 Å². The molecule has 0 aliphatic heterocycles. The van der Waals surface area contributed by atoms with E-state index in [1.807, 2.05) is 43.3 Å². The summed E-state index contributed by atoms with van der Waals surface area (Å²) in [5, 5.41) is 3.43. The summed E-state index contributed by atoms with van der Waals surface area (Å²) < 4.78 is 31.6. The Hall–Kier alpha value is -2.91. The van der Waals surface area contributed by atoms with E-state index in [1.54, 1.807) is 12.3 Å². The van der Waals surface area contributed by atoms with Gasteiger partial charge in [0.1, 0.15) is 17.4 Å². The molecule has 1 aromatic carbocycles. The van der Waals surface area contributed by atoms with Gasteiger partial charge in [0, 0.05) is 18.7 Å². The summed E-state index contributed by atoms with van der Waals surface area (Å²) in [5.41, 5.74) is 7.56. The average molecular weight is 484 g/mol. The van der Waals surface area contributed by atoms with Crippen LogP contribution in [0.1, 0.15) is 38.5 Å². The van der Waals surface area contributed by atoms with Gasteiger partial charge >= 0.3 is 0 Å². The minimum Gasteiger partial charge on any atom is -0.439 e. The first-order valence-corrected chi connectivity index (χ1v) is 13.3. The van der Waals surface area contributed by atoms with Gasteiger partial charge in [0.2, 0.25) is 15.9 Å². The average Bonchev–Trinajstić information content (AvgIpc) is 3.29. The van der Waals surface area contributed by atoms with Gasteiger partial charge in [-0.05, 0) is 56.2 Å². The van der Waals surface area contributed by atoms with Crippen LogP contribution in [0.15, 0.2) is 53.1 Å². The molecule has 0 spiro atoms. The predicted octanol–water partition coefficient (Wildman–Crippen LogP) is 4.01. The Labute approximate surface area is 201 Å². The van der Waals surface area contributed by atoms with E-state index >= 15 is 0 Å². The van der Waals surface area contributed by atoms with Crippen LogP contribution >= 0.6 is 0 Å². The topological polar surface area (TPSA) is 114 Å². The number of rotatable bonds is 9. The van der Waals surface area contributed by atoms with Gasteiger partial charge in [-0.2, -0.15) is 0 Å². The molecule has 0 saturated heterocycles. The number of anilines is 2. The van der Waals surface area contributed by atoms with Crippen LogP contribution in [-0.4, -0.2) is 37.7 Å². The highest BCUT2D eigenvalue weighted by Crippen LogP contribution is 2.41. The van der Waals surface area contributed by atoms with Crippen molar-refractivity contribution < 1.29 is 12.8 Å². The molecule has 182 valence electrons. The van der Waals surface area contributed by atoms with E-state index < -0.39 is 15.6 Å². The molecule has 1 fully saturated rings. The number of aromatic nitrogens is 2. The molecule has 3 aromatic rings. The van der Waals surface area contributed by atoms with Crippen molar-refractivity contribution in [2.45, 2.75) is 45.2 Å². The van der Waals surface area contributed by atoms with Crippen LogP contribution in [0.4, 0.5) is 11.6 Å². The van der Waals surface area contributed by atoms with Crippen molar-refractivity contribution in [2.24, 2.45) is 17.6 Å². The Bertz CT molecular complexity index is 1260. The maximum absolute atomic E-state index is 12.2. The largest absolute Gasteiger partial charge is 0.439 e. The van der Waals surface area contributed by atoms with Gasteiger partial charge in [-0.1, -0.05) is 37.3 Å². The second-order valence-corrected chi connectivity index (χ2v) is 11.8. The maximum atomic E-state index is 12.2. The molecule has 34 heavy (non-hydrogen) atoms. The summed E-state index contributed by atoms with van der Waals surface area (Å²) in [6.45, 7) is 6.25. The number of nitrogens with one attached hydrogen (secondary N) is 1. The minimum absolute atomic E-state index is 0.215. The zero-order chi connectivity index (χ0) is 24.7. The molecular weight excluding hydrogens is 450 g/mol. The zero-order valence-electron chi connectivity index (χ0n) is 20.3. The van der Waals surface area contributed by atoms with Crippen molar-refractivity contribution in [3.63, 3.8) is 0 Å². The van der Waals surface area contributed by atoms with Gasteiger partial charge in [0.25, 0.3) is 0 Å². The lowest BCUT2D eigenvalue weighted by Gasteiger charge is -2.22. The molecule has 0 bridgehead atoms. The first-order valence-electron chi connectivity index (χ1n) is 11.5. The quantitative estimate of drug-likeness (QED) is 0.473. The molecule has 2 heterocycles. The van der Waals surface area contributed by atoms with Gasteiger partial charge in [-0.3, -0.25) is 4.31 Å². The molecule has 2 aromatic heterocycles. The number of pyridine rings is 1. The molecule has 1 saturated carbocycles. The second-order valence-electron chi connectivity index (χ2n) is 9.75. The van der Waals surface area contributed by atoms with E-state index in [1.165, 1.54) is 13.5 Å². The van der Waals surface area contributed by atoms with E-state index in [0.29, 0.717) is 41.3 Å². The Morgan fingerprint density at radius 3 is 2.59 bits per heavy atom. The molecule has 1 aliphatic rings. The summed E-state index contributed by atoms with van der Waals surface area (Å²) in [7, 11) is -2.01. The molecule has 1 unspecified atom stereocenters. The molecular formula is C25H33N5O3S. The number of nitrogens with zero attached hydrogens (tertiary/aromatic N) is 3. The molecule has 0 amide bonds. The Balaban J connectivity index is 1.66. The molecule has 0 radical (unpaired) electrons. The summed E-state index contributed by atoms with van der Waals surface area (Å²) in [6, 6.07) is 13.7. The minimum atomic E-state index is -3.49. The van der Waals surface area contributed by atoms with Gasteiger partial charge in [0.15, 0.2) is 0 Å². The standard InChI is InChI=1S/C25H33N5O3S/c1-16-11-20(16)17(2)28-22-12-19(13-23(29-22)30(4)34(5,31)32)24-27-15-21(33-24)25(3,26)14-18-9-7-6-8-10-18/h6-10,12-13,15-17,20H,11,14,26H2,1-5H3,(H,28,29)/t16-,17?,20-,25+/m0/s1. The van der Waals surface area contributed by atoms with E-state index in [4.69, 9.17) is 10.2 Å². The smallest absolute Gasteiger partial charge is 0.233 e. The Kier molecular flexibility index (Phi) is 6.44. The van der Waals surface area contributed by atoms with E-state index in [9.17, 15) is 8.42 Å². The van der Waals surface area contributed by atoms with Gasteiger partial charge in [0.05, 0.1) is 18.0 Å². The number of hydrogen-bond donors (Lipinski definition) is 2. The van der Waals surface area contributed by atoms with Crippen LogP contribution in [0.2, 0.25) is 0 Å². The maximum Gasteiger partial charge on any atom is 0.233 e. The highest BCUT2D eigenvalue weighted by atomic mass is 32.2. The fourth-order valence-corrected chi connectivity index (χ4v) is 4.64. The normalized spacial score (nSPS) is 20.4. The first-order chi connectivity index (χ1) is 15.9. The number of hydrogen-bond acceptors (Lipinski definition) is 7. The summed E-state index contributed by atoms with van der Waals surface area (Å²) >= 11 is 0. The highest BCUT2D eigenvalue weighted by molar-refractivity contribution is 7.92. The molecule has 4 rings (SSSR count). The third-order valence-electron chi connectivity index (χ3n) is 6.55. The van der Waals surface area contributed by atoms with Gasteiger partial charge < -0.3 is 15.5 Å². The molecule has 4 atom stereocenters. The van der Waals surface area contributed by atoms with Crippen LogP contribution in [-0.2, 0) is 22.0 Å². The third-order valence-corrected chi connectivity index (χ3v) is 7.73. The Morgan fingerprint density at radius 1 is 1.29 bits per heavy atom. The third kappa shape index (κ3) is 5.42. The molecule has 1 aliphatic carbocycles. The fourth-order valence-electron chi connectivity index (χ4n) is 4.21. The summed E-state index contributed by atoms with van der Waals surface area (Å²) in [5.74, 6) is 3.03. The summed E-state index contributed by atoms with van der Waals surface area (Å²) in [6.07, 6.45) is 4.55. The zero-order valence-corrected chi connectivity index (χ0v) is 21.1. The highest BCUT2D eigenvalue weighted by Gasteiger charge is 2.37. The number of oxazole rings is 1. The van der Waals surface area contributed by atoms with Gasteiger partial charge in [-0.15, -0.1) is 0 Å². The molecule has 3 N–H and O–H groups in total. The van der Waals surface area contributed by atoms with Gasteiger partial charge in [-0.25, -0.2) is 18.4 Å². The van der Waals surface area contributed by atoms with Crippen LogP contribution in [0.3, 0.4) is 0 Å². The lowest BCUT2D eigenvalue weighted by Crippen LogP contribution is -2.35. The lowest BCUT2D eigenvalue weighted by molar-refractivity contribution is 0.371. The van der Waals surface area contributed by atoms with Crippen molar-refractivity contribution in [1.82, 2.24) is 9.97 Å². The van der Waals surface area contributed by atoms with E-state index in [-0.39, 0.29) is 11.9 Å². The number of benzene rings is 1. The van der Waals surface area contributed by atoms with Crippen LogP contribution in [0, 0.1) is 11.8 Å². The van der Waals surface area contributed by atoms with Crippen molar-refractivity contribution in [2.75, 3.05) is 22.9 Å². The van der Waals surface area contributed by atoms with Crippen molar-refractivity contribution in [3.05, 3.63) is 60.0 Å². The number of sulfonamides is 1. The molecule has 9 heteroatoms. The van der Waals surface area contributed by atoms with E-state index in [2.05, 4.69) is 29.1 Å². The Morgan fingerprint density at radius 2 is 1.97 bits per heavy atom. The van der Waals surface area contributed by atoms with E-state index in [0.717, 1.165) is 16.1 Å². The van der Waals surface area contributed by atoms with Crippen molar-refractivity contribution in [1.29, 1.82) is 0 Å². The summed E-state index contributed by atoms with van der Waals surface area (Å²) in [4.78, 5) is 9.02. The SMILES string of the molecule is CC(Nc1cc(-c2ncc([C@](C)(N)Cc3ccccc3)o2)cc(N(C)S(C)(=O)=O)n1)[C@H]1C[C@@H]1C. The lowest BCUT2D eigenvalue weighted by atomic mass is 9.92. The predicted molar refractivity (Wildman–Crippen MR) is 135 cm³/mol. The molecule has 8 nitrogen and oxygen atoms in total. The monoisotopic (exact) mass is 483 g/mol. The second kappa shape index (κ2) is 9.03. The fraction of sp³-hybridized carbons (Fsp3) is 0.440. The number of nitrogens with two attached hydrogens (primary N) is 1. The van der Waals surface area contributed by atoms with Crippen LogP contribution in [0.5, 0.6) is 0 Å². The van der Waals surface area contributed by atoms with Crippen LogP contribution < -0.4 is 15.4 Å².